The molecule has 0 spiro atoms. The molecule has 0 aliphatic heterocycles. The number of carbonyl (C=O) groups is 1. The van der Waals surface area contributed by atoms with Crippen molar-refractivity contribution < 1.29 is 9.18 Å². The Morgan fingerprint density at radius 1 is 1.06 bits per heavy atom. The summed E-state index contributed by atoms with van der Waals surface area (Å²) in [6.45, 7) is 0.277. The summed E-state index contributed by atoms with van der Waals surface area (Å²) in [6.07, 6.45) is 1.60. The van der Waals surface area contributed by atoms with Crippen LogP contribution in [-0.4, -0.2) is 19.9 Å². The number of rotatable bonds is 5. The van der Waals surface area contributed by atoms with Crippen molar-refractivity contribution in [2.45, 2.75) is 13.1 Å². The lowest BCUT2D eigenvalue weighted by Crippen LogP contribution is -2.35. The molecular weight excluding hydrogens is 469 g/mol. The van der Waals surface area contributed by atoms with E-state index >= 15 is 0 Å². The lowest BCUT2D eigenvalue weighted by atomic mass is 10.1. The highest BCUT2D eigenvalue weighted by Crippen LogP contribution is 2.18. The second-order valence-corrected chi connectivity index (χ2v) is 8.38. The fraction of sp³-hybridized carbons (Fsp3) is 0.0769. The number of carbonyl (C=O) groups excluding carboxylic acids is 1. The monoisotopic (exact) mass is 487 g/mol. The highest BCUT2D eigenvalue weighted by molar-refractivity contribution is 6.31. The average Bonchev–Trinajstić information content (AvgIpc) is 2.86. The van der Waals surface area contributed by atoms with Gasteiger partial charge >= 0.3 is 0 Å². The molecule has 0 aliphatic carbocycles. The van der Waals surface area contributed by atoms with Crippen molar-refractivity contribution in [3.05, 3.63) is 122 Å². The predicted molar refractivity (Wildman–Crippen MR) is 131 cm³/mol. The number of nitrogens with one attached hydrogen (secondary N) is 2. The lowest BCUT2D eigenvalue weighted by Gasteiger charge is -2.15. The summed E-state index contributed by atoms with van der Waals surface area (Å²) in [6, 6.07) is 19.5. The van der Waals surface area contributed by atoms with Crippen molar-refractivity contribution in [1.29, 1.82) is 5.41 Å². The molecule has 1 amide bonds. The van der Waals surface area contributed by atoms with Crippen LogP contribution in [-0.2, 0) is 13.1 Å². The quantitative estimate of drug-likeness (QED) is 0.368. The van der Waals surface area contributed by atoms with E-state index in [1.54, 1.807) is 48.7 Å². The Balaban J connectivity index is 1.66. The van der Waals surface area contributed by atoms with Crippen LogP contribution in [0.25, 0.3) is 16.7 Å². The first kappa shape index (κ1) is 22.5. The Kier molecular flexibility index (Phi) is 5.88. The Bertz CT molecular complexity index is 1710. The molecule has 0 saturated heterocycles. The molecule has 0 unspecified atom stereocenters. The molecule has 2 N–H and O–H groups in total. The van der Waals surface area contributed by atoms with Crippen LogP contribution < -0.4 is 16.4 Å². The third-order valence-electron chi connectivity index (χ3n) is 5.72. The van der Waals surface area contributed by atoms with Crippen molar-refractivity contribution in [1.82, 2.24) is 19.3 Å². The highest BCUT2D eigenvalue weighted by Gasteiger charge is 2.18. The van der Waals surface area contributed by atoms with Crippen LogP contribution in [0.3, 0.4) is 0 Å². The van der Waals surface area contributed by atoms with Gasteiger partial charge in [-0.2, -0.15) is 0 Å². The topological polar surface area (TPSA) is 92.2 Å². The Hall–Kier alpha value is -4.30. The number of fused-ring (bicyclic) bond motifs is 2. The van der Waals surface area contributed by atoms with E-state index in [1.165, 1.54) is 27.2 Å². The largest absolute Gasteiger partial charge is 0.348 e. The van der Waals surface area contributed by atoms with E-state index in [2.05, 4.69) is 10.3 Å². The summed E-state index contributed by atoms with van der Waals surface area (Å²) in [5.41, 5.74) is 1.66. The first-order chi connectivity index (χ1) is 16.9. The van der Waals surface area contributed by atoms with Gasteiger partial charge in [0.05, 0.1) is 17.5 Å². The number of benzene rings is 2. The minimum atomic E-state index is -0.535. The van der Waals surface area contributed by atoms with Gasteiger partial charge in [0.2, 0.25) is 0 Å². The van der Waals surface area contributed by atoms with Gasteiger partial charge in [-0.05, 0) is 47.5 Å². The van der Waals surface area contributed by atoms with Crippen LogP contribution in [0.4, 0.5) is 4.39 Å². The molecule has 0 bridgehead atoms. The summed E-state index contributed by atoms with van der Waals surface area (Å²) in [5, 5.41) is 12.3. The van der Waals surface area contributed by atoms with Crippen LogP contribution in [0.5, 0.6) is 0 Å². The second-order valence-electron chi connectivity index (χ2n) is 7.98. The van der Waals surface area contributed by atoms with Crippen molar-refractivity contribution in [2.24, 2.45) is 0 Å². The molecule has 2 aromatic carbocycles. The maximum atomic E-state index is 13.3. The highest BCUT2D eigenvalue weighted by atomic mass is 35.5. The van der Waals surface area contributed by atoms with E-state index in [4.69, 9.17) is 17.0 Å². The van der Waals surface area contributed by atoms with Gasteiger partial charge in [-0.15, -0.1) is 0 Å². The Morgan fingerprint density at radius 2 is 1.80 bits per heavy atom. The predicted octanol–water partition coefficient (Wildman–Crippen LogP) is 3.90. The lowest BCUT2D eigenvalue weighted by molar-refractivity contribution is 0.0948. The van der Waals surface area contributed by atoms with E-state index in [0.717, 1.165) is 0 Å². The Morgan fingerprint density at radius 3 is 2.57 bits per heavy atom. The van der Waals surface area contributed by atoms with E-state index in [9.17, 15) is 14.0 Å². The van der Waals surface area contributed by atoms with E-state index in [0.29, 0.717) is 21.8 Å². The molecule has 5 aromatic rings. The number of hydrogen-bond donors (Lipinski definition) is 2. The van der Waals surface area contributed by atoms with E-state index in [-0.39, 0.29) is 46.6 Å². The summed E-state index contributed by atoms with van der Waals surface area (Å²) in [7, 11) is 0. The van der Waals surface area contributed by atoms with Crippen LogP contribution >= 0.6 is 11.6 Å². The minimum absolute atomic E-state index is 0.0152. The molecule has 0 atom stereocenters. The van der Waals surface area contributed by atoms with Gasteiger partial charge in [-0.25, -0.2) is 9.37 Å². The maximum Gasteiger partial charge on any atom is 0.267 e. The standard InChI is InChI=1S/C26H19ClFN5O2/c27-21-6-2-1-5-17(21)15-33-23(29)19(25(34)30-14-16-8-10-18(28)11-9-16)13-20-24(33)31-22-7-3-4-12-32(22)26(20)35/h1-13,29H,14-15H2,(H,30,34). The van der Waals surface area contributed by atoms with Gasteiger partial charge in [-0.3, -0.25) is 19.4 Å². The average molecular weight is 488 g/mol. The minimum Gasteiger partial charge on any atom is -0.348 e. The van der Waals surface area contributed by atoms with Gasteiger partial charge < -0.3 is 9.88 Å². The SMILES string of the molecule is N=c1c(C(=O)NCc2ccc(F)cc2)cc2c(=O)n3ccccc3nc2n1Cc1ccccc1Cl. The number of hydrogen-bond acceptors (Lipinski definition) is 4. The third-order valence-corrected chi connectivity index (χ3v) is 6.08. The molecule has 3 aromatic heterocycles. The molecule has 0 saturated carbocycles. The first-order valence-corrected chi connectivity index (χ1v) is 11.2. The zero-order chi connectivity index (χ0) is 24.5. The molecule has 0 aliphatic rings. The summed E-state index contributed by atoms with van der Waals surface area (Å²) in [4.78, 5) is 31.1. The molecule has 9 heteroatoms. The molecule has 5 rings (SSSR count). The summed E-state index contributed by atoms with van der Waals surface area (Å²) >= 11 is 6.37. The van der Waals surface area contributed by atoms with E-state index in [1.807, 2.05) is 12.1 Å². The van der Waals surface area contributed by atoms with Gasteiger partial charge in [0, 0.05) is 17.8 Å². The van der Waals surface area contributed by atoms with Gasteiger partial charge in [0.15, 0.2) is 0 Å². The van der Waals surface area contributed by atoms with Crippen LogP contribution in [0, 0.1) is 11.2 Å². The van der Waals surface area contributed by atoms with Crippen LogP contribution in [0.15, 0.2) is 83.8 Å². The molecule has 3 heterocycles. The van der Waals surface area contributed by atoms with E-state index < -0.39 is 5.91 Å². The van der Waals surface area contributed by atoms with Gasteiger partial charge in [-0.1, -0.05) is 48.0 Å². The first-order valence-electron chi connectivity index (χ1n) is 10.8. The smallest absolute Gasteiger partial charge is 0.267 e. The molecule has 0 fully saturated rings. The van der Waals surface area contributed by atoms with Crippen molar-refractivity contribution in [3.8, 4) is 0 Å². The molecular formula is C26H19ClFN5O2. The number of nitrogens with zero attached hydrogens (tertiary/aromatic N) is 3. The summed E-state index contributed by atoms with van der Waals surface area (Å²) < 4.78 is 16.1. The molecule has 0 radical (unpaired) electrons. The zero-order valence-corrected chi connectivity index (χ0v) is 19.1. The maximum absolute atomic E-state index is 13.3. The number of aromatic nitrogens is 3. The van der Waals surface area contributed by atoms with Gasteiger partial charge in [0.1, 0.15) is 22.6 Å². The molecule has 35 heavy (non-hydrogen) atoms. The summed E-state index contributed by atoms with van der Waals surface area (Å²) in [5.74, 6) is -0.907. The fourth-order valence-electron chi connectivity index (χ4n) is 3.89. The van der Waals surface area contributed by atoms with Crippen molar-refractivity contribution in [3.63, 3.8) is 0 Å². The van der Waals surface area contributed by atoms with Crippen molar-refractivity contribution in [2.75, 3.05) is 0 Å². The fourth-order valence-corrected chi connectivity index (χ4v) is 4.09. The molecule has 7 nitrogen and oxygen atoms in total. The second kappa shape index (κ2) is 9.15. The Labute approximate surface area is 203 Å². The van der Waals surface area contributed by atoms with Crippen molar-refractivity contribution >= 4 is 34.2 Å². The normalized spacial score (nSPS) is 11.1. The van der Waals surface area contributed by atoms with Gasteiger partial charge in [0.25, 0.3) is 11.5 Å². The number of halogens is 2. The van der Waals surface area contributed by atoms with Crippen LogP contribution in [0.2, 0.25) is 5.02 Å². The third kappa shape index (κ3) is 4.31. The molecule has 174 valence electrons. The zero-order valence-electron chi connectivity index (χ0n) is 18.3. The number of amides is 1. The van der Waals surface area contributed by atoms with Crippen LogP contribution in [0.1, 0.15) is 21.5 Å². The number of pyridine rings is 2.